The Balaban J connectivity index is 1.96. The van der Waals surface area contributed by atoms with Crippen LogP contribution in [0.15, 0.2) is 64.5 Å². The number of amides is 1. The molecule has 6 nitrogen and oxygen atoms in total. The molecular formula is C19H22BrN3O3S. The van der Waals surface area contributed by atoms with Gasteiger partial charge >= 0.3 is 0 Å². The Morgan fingerprint density at radius 3 is 2.48 bits per heavy atom. The van der Waals surface area contributed by atoms with Gasteiger partial charge in [-0.2, -0.15) is 4.31 Å². The van der Waals surface area contributed by atoms with Crippen LogP contribution >= 0.6 is 15.9 Å². The number of benzene rings is 2. The number of nitrogens with zero attached hydrogens (tertiary/aromatic N) is 1. The number of likely N-dealkylation sites (N-methyl/N-ethyl adjacent to an activating group) is 1. The topological polar surface area (TPSA) is 78.5 Å². The second kappa shape index (κ2) is 9.16. The van der Waals surface area contributed by atoms with Crippen LogP contribution in [-0.2, 0) is 14.8 Å². The third-order valence-corrected chi connectivity index (χ3v) is 6.20. The van der Waals surface area contributed by atoms with E-state index < -0.39 is 10.0 Å². The molecule has 0 heterocycles. The van der Waals surface area contributed by atoms with Gasteiger partial charge in [-0.1, -0.05) is 22.0 Å². The summed E-state index contributed by atoms with van der Waals surface area (Å²) in [5.74, 6) is -0.192. The molecule has 2 aromatic rings. The van der Waals surface area contributed by atoms with Gasteiger partial charge in [0, 0.05) is 29.4 Å². The van der Waals surface area contributed by atoms with E-state index in [9.17, 15) is 13.2 Å². The van der Waals surface area contributed by atoms with Crippen molar-refractivity contribution in [2.24, 2.45) is 0 Å². The van der Waals surface area contributed by atoms with Crippen molar-refractivity contribution in [3.63, 3.8) is 0 Å². The summed E-state index contributed by atoms with van der Waals surface area (Å²) in [6, 6.07) is 11.9. The van der Waals surface area contributed by atoms with E-state index >= 15 is 0 Å². The first kappa shape index (κ1) is 21.1. The first-order chi connectivity index (χ1) is 12.7. The van der Waals surface area contributed by atoms with Gasteiger partial charge in [-0.15, -0.1) is 6.58 Å². The number of hydrogen-bond donors (Lipinski definition) is 2. The van der Waals surface area contributed by atoms with Gasteiger partial charge in [0.2, 0.25) is 15.9 Å². The highest BCUT2D eigenvalue weighted by Crippen LogP contribution is 2.20. The standard InChI is InChI=1S/C19H22BrN3O3S/c1-4-11-23(3)27(25,26)17-8-6-16(7-9-17)21-13-19(24)22-18-10-5-15(20)12-14(18)2/h4-10,12,21H,1,11,13H2,2-3H3,(H,22,24). The normalized spacial score (nSPS) is 11.3. The van der Waals surface area contributed by atoms with Crippen LogP contribution in [0.1, 0.15) is 5.56 Å². The molecule has 0 saturated heterocycles. The zero-order chi connectivity index (χ0) is 20.0. The minimum atomic E-state index is -3.55. The molecule has 0 radical (unpaired) electrons. The maximum absolute atomic E-state index is 12.3. The van der Waals surface area contributed by atoms with E-state index in [4.69, 9.17) is 0 Å². The summed E-state index contributed by atoms with van der Waals surface area (Å²) in [5, 5.41) is 5.82. The average Bonchev–Trinajstić information content (AvgIpc) is 2.63. The van der Waals surface area contributed by atoms with Crippen molar-refractivity contribution >= 4 is 43.2 Å². The van der Waals surface area contributed by atoms with E-state index in [2.05, 4.69) is 33.1 Å². The maximum atomic E-state index is 12.3. The van der Waals surface area contributed by atoms with E-state index in [0.717, 1.165) is 15.7 Å². The molecule has 2 N–H and O–H groups in total. The number of aryl methyl sites for hydroxylation is 1. The molecule has 0 saturated carbocycles. The fourth-order valence-corrected chi connectivity index (χ4v) is 3.97. The molecule has 0 fully saturated rings. The monoisotopic (exact) mass is 451 g/mol. The second-order valence-electron chi connectivity index (χ2n) is 5.96. The lowest BCUT2D eigenvalue weighted by Crippen LogP contribution is -2.27. The minimum Gasteiger partial charge on any atom is -0.376 e. The first-order valence-electron chi connectivity index (χ1n) is 8.21. The van der Waals surface area contributed by atoms with Gasteiger partial charge in [-0.05, 0) is 55.0 Å². The van der Waals surface area contributed by atoms with Crippen LogP contribution in [0, 0.1) is 6.92 Å². The van der Waals surface area contributed by atoms with E-state index in [0.29, 0.717) is 5.69 Å². The third-order valence-electron chi connectivity index (χ3n) is 3.86. The molecule has 144 valence electrons. The third kappa shape index (κ3) is 5.66. The molecule has 0 aromatic heterocycles. The van der Waals surface area contributed by atoms with Gasteiger partial charge in [0.1, 0.15) is 0 Å². The second-order valence-corrected chi connectivity index (χ2v) is 8.92. The van der Waals surface area contributed by atoms with Gasteiger partial charge < -0.3 is 10.6 Å². The summed E-state index contributed by atoms with van der Waals surface area (Å²) in [4.78, 5) is 12.3. The molecule has 0 aliphatic rings. The summed E-state index contributed by atoms with van der Waals surface area (Å²) < 4.78 is 26.9. The van der Waals surface area contributed by atoms with Crippen molar-refractivity contribution in [2.45, 2.75) is 11.8 Å². The Kier molecular flexibility index (Phi) is 7.18. The Labute approximate surface area is 168 Å². The first-order valence-corrected chi connectivity index (χ1v) is 10.4. The number of rotatable bonds is 8. The zero-order valence-electron chi connectivity index (χ0n) is 15.2. The highest BCUT2D eigenvalue weighted by atomic mass is 79.9. The van der Waals surface area contributed by atoms with Crippen LogP contribution < -0.4 is 10.6 Å². The lowest BCUT2D eigenvalue weighted by Gasteiger charge is -2.15. The predicted octanol–water partition coefficient (Wildman–Crippen LogP) is 3.61. The molecule has 0 spiro atoms. The van der Waals surface area contributed by atoms with Crippen molar-refractivity contribution in [2.75, 3.05) is 30.8 Å². The van der Waals surface area contributed by atoms with E-state index in [1.807, 2.05) is 25.1 Å². The van der Waals surface area contributed by atoms with Crippen molar-refractivity contribution in [3.05, 3.63) is 65.2 Å². The smallest absolute Gasteiger partial charge is 0.243 e. The Hall–Kier alpha value is -2.16. The van der Waals surface area contributed by atoms with Gasteiger partial charge in [0.25, 0.3) is 0 Å². The van der Waals surface area contributed by atoms with E-state index in [1.54, 1.807) is 12.1 Å². The quantitative estimate of drug-likeness (QED) is 0.600. The van der Waals surface area contributed by atoms with Crippen LogP contribution in [0.5, 0.6) is 0 Å². The molecule has 0 atom stereocenters. The summed E-state index contributed by atoms with van der Waals surface area (Å²) in [7, 11) is -2.05. The van der Waals surface area contributed by atoms with E-state index in [-0.39, 0.29) is 23.9 Å². The molecule has 8 heteroatoms. The summed E-state index contributed by atoms with van der Waals surface area (Å²) >= 11 is 3.39. The van der Waals surface area contributed by atoms with Gasteiger partial charge in [0.15, 0.2) is 0 Å². The highest BCUT2D eigenvalue weighted by molar-refractivity contribution is 9.10. The van der Waals surface area contributed by atoms with E-state index in [1.165, 1.54) is 29.6 Å². The fraction of sp³-hybridized carbons (Fsp3) is 0.211. The largest absolute Gasteiger partial charge is 0.376 e. The summed E-state index contributed by atoms with van der Waals surface area (Å²) in [5.41, 5.74) is 2.36. The van der Waals surface area contributed by atoms with Gasteiger partial charge in [-0.25, -0.2) is 8.42 Å². The molecule has 27 heavy (non-hydrogen) atoms. The minimum absolute atomic E-state index is 0.0674. The Morgan fingerprint density at radius 2 is 1.89 bits per heavy atom. The number of nitrogens with one attached hydrogen (secondary N) is 2. The lowest BCUT2D eigenvalue weighted by atomic mass is 10.2. The van der Waals surface area contributed by atoms with Crippen molar-refractivity contribution in [3.8, 4) is 0 Å². The molecular weight excluding hydrogens is 430 g/mol. The van der Waals surface area contributed by atoms with Crippen LogP contribution in [0.2, 0.25) is 0 Å². The molecule has 0 unspecified atom stereocenters. The summed E-state index contributed by atoms with van der Waals surface area (Å²) in [6.45, 7) is 5.76. The van der Waals surface area contributed by atoms with Crippen LogP contribution in [0.25, 0.3) is 0 Å². The van der Waals surface area contributed by atoms with Gasteiger partial charge in [0.05, 0.1) is 11.4 Å². The van der Waals surface area contributed by atoms with Crippen molar-refractivity contribution in [1.29, 1.82) is 0 Å². The van der Waals surface area contributed by atoms with Crippen molar-refractivity contribution < 1.29 is 13.2 Å². The Bertz CT molecular complexity index is 928. The molecule has 0 aliphatic heterocycles. The predicted molar refractivity (Wildman–Crippen MR) is 112 cm³/mol. The molecule has 0 bridgehead atoms. The van der Waals surface area contributed by atoms with Crippen LogP contribution in [0.3, 0.4) is 0 Å². The lowest BCUT2D eigenvalue weighted by molar-refractivity contribution is -0.114. The Morgan fingerprint density at radius 1 is 1.22 bits per heavy atom. The van der Waals surface area contributed by atoms with Crippen LogP contribution in [0.4, 0.5) is 11.4 Å². The number of anilines is 2. The maximum Gasteiger partial charge on any atom is 0.243 e. The average molecular weight is 452 g/mol. The number of carbonyl (C=O) groups is 1. The summed E-state index contributed by atoms with van der Waals surface area (Å²) in [6.07, 6.45) is 1.53. The van der Waals surface area contributed by atoms with Crippen LogP contribution in [-0.4, -0.2) is 38.8 Å². The number of sulfonamides is 1. The fourth-order valence-electron chi connectivity index (χ4n) is 2.35. The molecule has 1 amide bonds. The number of carbonyl (C=O) groups excluding carboxylic acids is 1. The van der Waals surface area contributed by atoms with Gasteiger partial charge in [-0.3, -0.25) is 4.79 Å². The molecule has 2 rings (SSSR count). The molecule has 2 aromatic carbocycles. The molecule has 0 aliphatic carbocycles. The highest BCUT2D eigenvalue weighted by Gasteiger charge is 2.19. The number of halogens is 1. The number of hydrogen-bond acceptors (Lipinski definition) is 4. The SMILES string of the molecule is C=CCN(C)S(=O)(=O)c1ccc(NCC(=O)Nc2ccc(Br)cc2C)cc1. The van der Waals surface area contributed by atoms with Crippen molar-refractivity contribution in [1.82, 2.24) is 4.31 Å². The zero-order valence-corrected chi connectivity index (χ0v) is 17.6.